The van der Waals surface area contributed by atoms with Crippen LogP contribution < -0.4 is 15.0 Å². The highest BCUT2D eigenvalue weighted by atomic mass is 19.1. The molecule has 0 amide bonds. The normalized spacial score (nSPS) is 25.9. The maximum atomic E-state index is 15.0. The summed E-state index contributed by atoms with van der Waals surface area (Å²) < 4.78 is 37.8. The lowest BCUT2D eigenvalue weighted by molar-refractivity contribution is 0.107. The summed E-state index contributed by atoms with van der Waals surface area (Å²) in [5.41, 5.74) is 2.28. The summed E-state index contributed by atoms with van der Waals surface area (Å²) in [4.78, 5) is 14.5. The lowest BCUT2D eigenvalue weighted by Crippen LogP contribution is -2.51. The molecule has 5 aromatic rings. The topological polar surface area (TPSA) is 91.1 Å². The second kappa shape index (κ2) is 10.2. The maximum absolute atomic E-state index is 15.0. The fourth-order valence-corrected chi connectivity index (χ4v) is 8.54. The van der Waals surface area contributed by atoms with Crippen LogP contribution in [0.4, 0.5) is 14.6 Å². The predicted octanol–water partition coefficient (Wildman–Crippen LogP) is 4.82. The first-order chi connectivity index (χ1) is 22.4. The fraction of sp³-hybridized carbons (Fsp3) is 0.400. The molecule has 9 rings (SSSR count). The largest absolute Gasteiger partial charge is 0.508 e. The number of alkyl halides is 1. The van der Waals surface area contributed by atoms with E-state index in [4.69, 9.17) is 21.1 Å². The molecule has 4 atom stereocenters. The van der Waals surface area contributed by atoms with Crippen molar-refractivity contribution in [2.75, 3.05) is 37.7 Å². The molecule has 4 aliphatic rings. The van der Waals surface area contributed by atoms with E-state index in [0.717, 1.165) is 62.0 Å². The Morgan fingerprint density at radius 1 is 1.09 bits per heavy atom. The molecule has 9 nitrogen and oxygen atoms in total. The molecule has 4 aliphatic heterocycles. The Labute approximate surface area is 264 Å². The third-order valence-electron chi connectivity index (χ3n) is 10.5. The Morgan fingerprint density at radius 3 is 2.76 bits per heavy atom. The Kier molecular flexibility index (Phi) is 6.18. The molecule has 2 unspecified atom stereocenters. The number of nitrogens with one attached hydrogen (secondary N) is 1. The first kappa shape index (κ1) is 27.8. The van der Waals surface area contributed by atoms with Gasteiger partial charge < -0.3 is 20.1 Å². The molecule has 2 N–H and O–H groups in total. The minimum Gasteiger partial charge on any atom is -0.508 e. The quantitative estimate of drug-likeness (QED) is 0.270. The van der Waals surface area contributed by atoms with Gasteiger partial charge in [-0.3, -0.25) is 4.90 Å². The van der Waals surface area contributed by atoms with Gasteiger partial charge in [0.05, 0.1) is 39.4 Å². The molecule has 0 spiro atoms. The van der Waals surface area contributed by atoms with E-state index in [0.29, 0.717) is 59.2 Å². The summed E-state index contributed by atoms with van der Waals surface area (Å²) >= 11 is 0. The van der Waals surface area contributed by atoms with Crippen LogP contribution in [0.3, 0.4) is 0 Å². The smallest absolute Gasteiger partial charge is 0.319 e. The number of aromatic nitrogens is 4. The van der Waals surface area contributed by atoms with Gasteiger partial charge in [0.15, 0.2) is 0 Å². The van der Waals surface area contributed by atoms with Gasteiger partial charge in [0.2, 0.25) is 0 Å². The first-order valence-corrected chi connectivity index (χ1v) is 16.0. The number of aromatic hydroxyl groups is 1. The van der Waals surface area contributed by atoms with Crippen LogP contribution in [0.1, 0.15) is 37.7 Å². The number of nitrogens with zero attached hydrogens (tertiary/aromatic N) is 6. The van der Waals surface area contributed by atoms with Crippen LogP contribution >= 0.6 is 0 Å². The van der Waals surface area contributed by atoms with Crippen LogP contribution in [-0.2, 0) is 0 Å². The van der Waals surface area contributed by atoms with Crippen LogP contribution in [0.2, 0.25) is 0 Å². The van der Waals surface area contributed by atoms with Gasteiger partial charge in [-0.2, -0.15) is 15.1 Å². The third kappa shape index (κ3) is 4.23. The van der Waals surface area contributed by atoms with Gasteiger partial charge in [-0.05, 0) is 67.9 Å². The Hall–Kier alpha value is -4.53. The Balaban J connectivity index is 1.25. The van der Waals surface area contributed by atoms with E-state index in [1.54, 1.807) is 28.9 Å². The second-order valence-electron chi connectivity index (χ2n) is 13.3. The second-order valence-corrected chi connectivity index (χ2v) is 13.3. The van der Waals surface area contributed by atoms with E-state index >= 15 is 4.39 Å². The SMILES string of the molecule is C#Cc1c(F)ccc2cc(O)cc(-c3cc4nc(OC[C@@]56CCCN5C[C@H](F)C6)nc(N5CC6CCC(C5)N6)c4c4ccnn34)c12. The predicted molar refractivity (Wildman–Crippen MR) is 171 cm³/mol. The Morgan fingerprint density at radius 2 is 1.93 bits per heavy atom. The number of phenolic OH excluding ortho intramolecular Hbond substituents is 1. The number of halogens is 2. The summed E-state index contributed by atoms with van der Waals surface area (Å²) in [5.74, 6) is 2.78. The summed E-state index contributed by atoms with van der Waals surface area (Å²) in [6.07, 6.45) is 11.2. The number of anilines is 1. The molecule has 0 saturated carbocycles. The Bertz CT molecular complexity index is 2080. The van der Waals surface area contributed by atoms with Crippen molar-refractivity contribution in [1.82, 2.24) is 29.8 Å². The maximum Gasteiger partial charge on any atom is 0.319 e. The molecule has 0 radical (unpaired) electrons. The number of fused-ring (bicyclic) bond motifs is 7. The number of hydrogen-bond donors (Lipinski definition) is 2. The zero-order chi connectivity index (χ0) is 31.2. The lowest BCUT2D eigenvalue weighted by Gasteiger charge is -2.34. The van der Waals surface area contributed by atoms with Crippen LogP contribution in [0, 0.1) is 18.2 Å². The number of hydrogen-bond acceptors (Lipinski definition) is 8. The summed E-state index contributed by atoms with van der Waals surface area (Å²) in [6.45, 7) is 3.23. The zero-order valence-electron chi connectivity index (χ0n) is 25.2. The number of terminal acetylenes is 1. The number of rotatable bonds is 5. The van der Waals surface area contributed by atoms with E-state index in [9.17, 15) is 9.50 Å². The van der Waals surface area contributed by atoms with E-state index in [1.165, 1.54) is 6.07 Å². The summed E-state index contributed by atoms with van der Waals surface area (Å²) in [6, 6.07) is 10.9. The van der Waals surface area contributed by atoms with Crippen molar-refractivity contribution >= 4 is 33.0 Å². The van der Waals surface area contributed by atoms with Gasteiger partial charge in [-0.1, -0.05) is 12.0 Å². The molecule has 11 heteroatoms. The van der Waals surface area contributed by atoms with Crippen LogP contribution in [0.15, 0.2) is 42.6 Å². The van der Waals surface area contributed by atoms with E-state index in [2.05, 4.69) is 26.1 Å². The van der Waals surface area contributed by atoms with E-state index < -0.39 is 12.0 Å². The van der Waals surface area contributed by atoms with Crippen molar-refractivity contribution in [3.8, 4) is 35.4 Å². The van der Waals surface area contributed by atoms with E-state index in [-0.39, 0.29) is 22.9 Å². The minimum absolute atomic E-state index is 0.0179. The number of piperazine rings is 1. The molecule has 7 heterocycles. The third-order valence-corrected chi connectivity index (χ3v) is 10.5. The number of benzene rings is 2. The molecular formula is C35H33F2N7O2. The standard InChI is InChI=1S/C35H33F2N7O2/c1-2-25-27(37)7-4-20-12-24(45)13-26(31(20)25)30-14-28-32(29-8-10-38-44(29)30)33(42-17-22-5-6-23(18-42)39-22)41-34(40-28)46-19-35-9-3-11-43(35)16-21(36)15-35/h1,4,7-8,10,12-14,21-23,39,45H,3,5-6,9,11,15-19H2/t21-,22?,23?,35+/m1/s1. The van der Waals surface area contributed by atoms with Gasteiger partial charge >= 0.3 is 6.01 Å². The van der Waals surface area contributed by atoms with Crippen LogP contribution in [0.5, 0.6) is 11.8 Å². The number of pyridine rings is 1. The van der Waals surface area contributed by atoms with Crippen molar-refractivity contribution in [2.45, 2.75) is 55.9 Å². The van der Waals surface area contributed by atoms with Crippen LogP contribution in [0.25, 0.3) is 38.4 Å². The van der Waals surface area contributed by atoms with Gasteiger partial charge in [0, 0.05) is 49.1 Å². The molecule has 4 saturated heterocycles. The van der Waals surface area contributed by atoms with Gasteiger partial charge in [-0.15, -0.1) is 6.42 Å². The highest BCUT2D eigenvalue weighted by molar-refractivity contribution is 6.07. The highest BCUT2D eigenvalue weighted by Gasteiger charge is 2.49. The van der Waals surface area contributed by atoms with Gasteiger partial charge in [-0.25, -0.2) is 13.3 Å². The van der Waals surface area contributed by atoms with Crippen molar-refractivity contribution in [3.05, 3.63) is 54.0 Å². The van der Waals surface area contributed by atoms with Crippen molar-refractivity contribution in [2.24, 2.45) is 0 Å². The molecule has 3 aromatic heterocycles. The average Bonchev–Trinajstić information content (AvgIpc) is 3.82. The molecule has 4 fully saturated rings. The monoisotopic (exact) mass is 621 g/mol. The number of phenols is 1. The van der Waals surface area contributed by atoms with Gasteiger partial charge in [0.1, 0.15) is 30.2 Å². The lowest BCUT2D eigenvalue weighted by atomic mass is 9.95. The van der Waals surface area contributed by atoms with Crippen molar-refractivity contribution in [3.63, 3.8) is 0 Å². The molecule has 2 aromatic carbocycles. The number of ether oxygens (including phenoxy) is 1. The van der Waals surface area contributed by atoms with Crippen molar-refractivity contribution < 1.29 is 18.6 Å². The molecule has 0 aliphatic carbocycles. The molecule has 46 heavy (non-hydrogen) atoms. The van der Waals surface area contributed by atoms with Crippen molar-refractivity contribution in [1.29, 1.82) is 0 Å². The average molecular weight is 622 g/mol. The highest BCUT2D eigenvalue weighted by Crippen LogP contribution is 2.42. The first-order valence-electron chi connectivity index (χ1n) is 16.0. The zero-order valence-corrected chi connectivity index (χ0v) is 25.2. The summed E-state index contributed by atoms with van der Waals surface area (Å²) in [7, 11) is 0. The summed E-state index contributed by atoms with van der Waals surface area (Å²) in [5, 5.41) is 21.1. The fourth-order valence-electron chi connectivity index (χ4n) is 8.54. The molecule has 2 bridgehead atoms. The molecular weight excluding hydrogens is 588 g/mol. The van der Waals surface area contributed by atoms with Crippen LogP contribution in [-0.4, -0.2) is 86.2 Å². The minimum atomic E-state index is -0.860. The van der Waals surface area contributed by atoms with Gasteiger partial charge in [0.25, 0.3) is 0 Å². The molecule has 234 valence electrons. The van der Waals surface area contributed by atoms with E-state index in [1.807, 2.05) is 12.1 Å².